The smallest absolute Gasteiger partial charge is 0.0558 e. The zero-order valence-corrected chi connectivity index (χ0v) is 14.1. The van der Waals surface area contributed by atoms with E-state index in [1.165, 1.54) is 38.5 Å². The maximum Gasteiger partial charge on any atom is 0.0558 e. The Morgan fingerprint density at radius 3 is 2.33 bits per heavy atom. The van der Waals surface area contributed by atoms with Crippen molar-refractivity contribution in [3.63, 3.8) is 0 Å². The van der Waals surface area contributed by atoms with Gasteiger partial charge in [0.25, 0.3) is 0 Å². The lowest BCUT2D eigenvalue weighted by Crippen LogP contribution is -2.47. The maximum absolute atomic E-state index is 9.20. The van der Waals surface area contributed by atoms with Crippen LogP contribution in [0.1, 0.15) is 52.4 Å². The minimum absolute atomic E-state index is 0.179. The summed E-state index contributed by atoms with van der Waals surface area (Å²) in [6.45, 7) is 8.31. The summed E-state index contributed by atoms with van der Waals surface area (Å²) in [5, 5.41) is 22.1. The molecule has 21 heavy (non-hydrogen) atoms. The minimum atomic E-state index is 0.179. The highest BCUT2D eigenvalue weighted by molar-refractivity contribution is 4.86. The van der Waals surface area contributed by atoms with Crippen LogP contribution in [0, 0.1) is 11.8 Å². The van der Waals surface area contributed by atoms with Crippen molar-refractivity contribution in [3.05, 3.63) is 0 Å². The normalized spacial score (nSPS) is 26.4. The average molecular weight is 300 g/mol. The van der Waals surface area contributed by atoms with Crippen LogP contribution in [0.5, 0.6) is 0 Å². The molecule has 0 radical (unpaired) electrons. The van der Waals surface area contributed by atoms with E-state index in [1.54, 1.807) is 0 Å². The molecule has 1 saturated carbocycles. The van der Waals surface area contributed by atoms with Gasteiger partial charge >= 0.3 is 0 Å². The summed E-state index contributed by atoms with van der Waals surface area (Å²) in [6, 6.07) is 0.609. The molecule has 1 rings (SSSR count). The average Bonchev–Trinajstić information content (AvgIpc) is 2.47. The Morgan fingerprint density at radius 2 is 1.76 bits per heavy atom. The lowest BCUT2D eigenvalue weighted by molar-refractivity contribution is 0.104. The van der Waals surface area contributed by atoms with Gasteiger partial charge in [-0.15, -0.1) is 0 Å². The SMILES string of the molecule is CCCNC1CCC(CCC)CC1CN(CCO)CCO. The zero-order valence-electron chi connectivity index (χ0n) is 14.1. The molecule has 1 aliphatic carbocycles. The Kier molecular flexibility index (Phi) is 10.3. The molecule has 126 valence electrons. The largest absolute Gasteiger partial charge is 0.395 e. The van der Waals surface area contributed by atoms with E-state index in [1.807, 2.05) is 0 Å². The summed E-state index contributed by atoms with van der Waals surface area (Å²) >= 11 is 0. The molecule has 0 aromatic carbocycles. The summed E-state index contributed by atoms with van der Waals surface area (Å²) in [5.74, 6) is 1.52. The number of hydrogen-bond donors (Lipinski definition) is 3. The first-order chi connectivity index (χ1) is 10.2. The Labute approximate surface area is 130 Å². The standard InChI is InChI=1S/C17H36N2O2/c1-3-5-15-6-7-17(18-8-4-2)16(13-15)14-19(9-11-20)10-12-21/h15-18,20-21H,3-14H2,1-2H3. The van der Waals surface area contributed by atoms with Crippen LogP contribution in [-0.2, 0) is 0 Å². The molecule has 3 unspecified atom stereocenters. The molecule has 3 atom stereocenters. The molecule has 4 heteroatoms. The zero-order chi connectivity index (χ0) is 15.5. The van der Waals surface area contributed by atoms with Crippen molar-refractivity contribution >= 4 is 0 Å². The lowest BCUT2D eigenvalue weighted by Gasteiger charge is -2.39. The second kappa shape index (κ2) is 11.4. The molecule has 0 spiro atoms. The van der Waals surface area contributed by atoms with Gasteiger partial charge in [-0.2, -0.15) is 0 Å². The number of nitrogens with one attached hydrogen (secondary N) is 1. The second-order valence-electron chi connectivity index (χ2n) is 6.54. The minimum Gasteiger partial charge on any atom is -0.395 e. The third kappa shape index (κ3) is 7.09. The number of hydrogen-bond acceptors (Lipinski definition) is 4. The fourth-order valence-corrected chi connectivity index (χ4v) is 3.74. The van der Waals surface area contributed by atoms with E-state index in [0.717, 1.165) is 19.0 Å². The summed E-state index contributed by atoms with van der Waals surface area (Å²) in [5.41, 5.74) is 0. The molecule has 0 aliphatic heterocycles. The van der Waals surface area contributed by atoms with Crippen LogP contribution in [0.4, 0.5) is 0 Å². The highest BCUT2D eigenvalue weighted by atomic mass is 16.3. The molecule has 0 amide bonds. The Bertz CT molecular complexity index is 245. The van der Waals surface area contributed by atoms with Crippen molar-refractivity contribution < 1.29 is 10.2 Å². The molecular weight excluding hydrogens is 264 g/mol. The van der Waals surface area contributed by atoms with E-state index in [-0.39, 0.29) is 13.2 Å². The highest BCUT2D eigenvalue weighted by Gasteiger charge is 2.30. The van der Waals surface area contributed by atoms with Gasteiger partial charge in [-0.1, -0.05) is 26.7 Å². The topological polar surface area (TPSA) is 55.7 Å². The fraction of sp³-hybridized carbons (Fsp3) is 1.00. The molecule has 4 nitrogen and oxygen atoms in total. The van der Waals surface area contributed by atoms with E-state index >= 15 is 0 Å². The third-order valence-electron chi connectivity index (χ3n) is 4.77. The van der Waals surface area contributed by atoms with Gasteiger partial charge in [0.1, 0.15) is 0 Å². The number of rotatable bonds is 11. The van der Waals surface area contributed by atoms with Gasteiger partial charge in [0, 0.05) is 25.7 Å². The van der Waals surface area contributed by atoms with E-state index in [4.69, 9.17) is 0 Å². The number of aliphatic hydroxyl groups excluding tert-OH is 2. The van der Waals surface area contributed by atoms with Gasteiger partial charge in [0.2, 0.25) is 0 Å². The molecule has 0 saturated heterocycles. The predicted octanol–water partition coefficient (Wildman–Crippen LogP) is 1.86. The van der Waals surface area contributed by atoms with Crippen molar-refractivity contribution in [3.8, 4) is 0 Å². The van der Waals surface area contributed by atoms with E-state index in [2.05, 4.69) is 24.1 Å². The Balaban J connectivity index is 2.58. The van der Waals surface area contributed by atoms with E-state index in [9.17, 15) is 10.2 Å². The Hall–Kier alpha value is -0.160. The first-order valence-corrected chi connectivity index (χ1v) is 8.92. The van der Waals surface area contributed by atoms with Crippen LogP contribution in [0.15, 0.2) is 0 Å². The van der Waals surface area contributed by atoms with Crippen LogP contribution < -0.4 is 5.32 Å². The Morgan fingerprint density at radius 1 is 1.05 bits per heavy atom. The molecule has 0 aromatic rings. The van der Waals surface area contributed by atoms with Crippen molar-refractivity contribution in [2.45, 2.75) is 58.4 Å². The van der Waals surface area contributed by atoms with Crippen molar-refractivity contribution in [1.82, 2.24) is 10.2 Å². The first-order valence-electron chi connectivity index (χ1n) is 8.92. The maximum atomic E-state index is 9.20. The van der Waals surface area contributed by atoms with Gasteiger partial charge in [-0.3, -0.25) is 4.90 Å². The molecule has 0 bridgehead atoms. The van der Waals surface area contributed by atoms with Crippen LogP contribution in [0.2, 0.25) is 0 Å². The van der Waals surface area contributed by atoms with Crippen LogP contribution in [0.25, 0.3) is 0 Å². The monoisotopic (exact) mass is 300 g/mol. The number of aliphatic hydroxyl groups is 2. The summed E-state index contributed by atoms with van der Waals surface area (Å²) < 4.78 is 0. The van der Waals surface area contributed by atoms with Gasteiger partial charge in [-0.05, 0) is 44.1 Å². The van der Waals surface area contributed by atoms with Crippen LogP contribution in [0.3, 0.4) is 0 Å². The third-order valence-corrected chi connectivity index (χ3v) is 4.77. The molecule has 0 aromatic heterocycles. The molecular formula is C17H36N2O2. The number of nitrogens with zero attached hydrogens (tertiary/aromatic N) is 1. The summed E-state index contributed by atoms with van der Waals surface area (Å²) in [4.78, 5) is 2.22. The quantitative estimate of drug-likeness (QED) is 0.545. The molecule has 1 fully saturated rings. The van der Waals surface area contributed by atoms with Gasteiger partial charge in [0.15, 0.2) is 0 Å². The lowest BCUT2D eigenvalue weighted by atomic mass is 9.76. The summed E-state index contributed by atoms with van der Waals surface area (Å²) in [6.07, 6.45) is 7.73. The van der Waals surface area contributed by atoms with Crippen LogP contribution in [-0.4, -0.2) is 60.5 Å². The van der Waals surface area contributed by atoms with Crippen LogP contribution >= 0.6 is 0 Å². The van der Waals surface area contributed by atoms with Crippen molar-refractivity contribution in [2.75, 3.05) is 39.4 Å². The van der Waals surface area contributed by atoms with E-state index in [0.29, 0.717) is 25.0 Å². The highest BCUT2D eigenvalue weighted by Crippen LogP contribution is 2.32. The van der Waals surface area contributed by atoms with Gasteiger partial charge in [-0.25, -0.2) is 0 Å². The molecule has 0 heterocycles. The van der Waals surface area contributed by atoms with Gasteiger partial charge < -0.3 is 15.5 Å². The van der Waals surface area contributed by atoms with E-state index < -0.39 is 0 Å². The summed E-state index contributed by atoms with van der Waals surface area (Å²) in [7, 11) is 0. The van der Waals surface area contributed by atoms with Crippen molar-refractivity contribution in [2.24, 2.45) is 11.8 Å². The van der Waals surface area contributed by atoms with Crippen molar-refractivity contribution in [1.29, 1.82) is 0 Å². The first kappa shape index (κ1) is 18.9. The molecule has 3 N–H and O–H groups in total. The predicted molar refractivity (Wildman–Crippen MR) is 88.4 cm³/mol. The molecule has 1 aliphatic rings. The fourth-order valence-electron chi connectivity index (χ4n) is 3.74. The second-order valence-corrected chi connectivity index (χ2v) is 6.54. The van der Waals surface area contributed by atoms with Gasteiger partial charge in [0.05, 0.1) is 13.2 Å².